The molecular weight excluding hydrogens is 282 g/mol. The molecule has 0 atom stereocenters. The number of anilines is 1. The molecule has 0 amide bonds. The van der Waals surface area contributed by atoms with Gasteiger partial charge in [-0.1, -0.05) is 0 Å². The molecule has 0 aliphatic carbocycles. The van der Waals surface area contributed by atoms with E-state index in [0.717, 1.165) is 0 Å². The number of hydrogen-bond acceptors (Lipinski definition) is 4. The van der Waals surface area contributed by atoms with Crippen LogP contribution in [0.5, 0.6) is 5.75 Å². The average Bonchev–Trinajstić information content (AvgIpc) is 2.46. The van der Waals surface area contributed by atoms with E-state index in [9.17, 15) is 13.6 Å². The summed E-state index contributed by atoms with van der Waals surface area (Å²) in [5, 5.41) is 11.8. The normalized spacial score (nSPS) is 10.4. The highest BCUT2D eigenvalue weighted by atomic mass is 19.3. The number of halogens is 2. The van der Waals surface area contributed by atoms with Crippen LogP contribution in [0, 0.1) is 0 Å². The molecular formula is C14H12F2N2O3. The molecule has 1 heterocycles. The van der Waals surface area contributed by atoms with E-state index in [4.69, 9.17) is 5.11 Å². The smallest absolute Gasteiger partial charge is 0.387 e. The number of rotatable bonds is 6. The summed E-state index contributed by atoms with van der Waals surface area (Å²) >= 11 is 0. The first-order chi connectivity index (χ1) is 10.0. The van der Waals surface area contributed by atoms with Crippen molar-refractivity contribution >= 4 is 11.7 Å². The van der Waals surface area contributed by atoms with Crippen LogP contribution < -0.4 is 10.1 Å². The van der Waals surface area contributed by atoms with Gasteiger partial charge in [-0.15, -0.1) is 0 Å². The molecule has 0 radical (unpaired) electrons. The molecule has 21 heavy (non-hydrogen) atoms. The summed E-state index contributed by atoms with van der Waals surface area (Å²) < 4.78 is 28.2. The first-order valence-electron chi connectivity index (χ1n) is 6.01. The van der Waals surface area contributed by atoms with Crippen LogP contribution in [0.2, 0.25) is 0 Å². The second-order valence-electron chi connectivity index (χ2n) is 4.10. The van der Waals surface area contributed by atoms with Crippen LogP contribution in [-0.4, -0.2) is 22.7 Å². The maximum atomic E-state index is 12.0. The minimum atomic E-state index is -2.85. The molecule has 110 valence electrons. The van der Waals surface area contributed by atoms with Gasteiger partial charge in [-0.3, -0.25) is 4.98 Å². The van der Waals surface area contributed by atoms with E-state index in [1.165, 1.54) is 24.4 Å². The number of carboxylic acid groups (broad SMARTS) is 1. The van der Waals surface area contributed by atoms with Crippen molar-refractivity contribution in [3.8, 4) is 5.75 Å². The fraction of sp³-hybridized carbons (Fsp3) is 0.143. The van der Waals surface area contributed by atoms with Crippen LogP contribution in [0.3, 0.4) is 0 Å². The highest BCUT2D eigenvalue weighted by Crippen LogP contribution is 2.18. The number of alkyl halides is 2. The predicted molar refractivity (Wildman–Crippen MR) is 71.6 cm³/mol. The number of hydrogen-bond donors (Lipinski definition) is 2. The van der Waals surface area contributed by atoms with Gasteiger partial charge < -0.3 is 15.2 Å². The summed E-state index contributed by atoms with van der Waals surface area (Å²) in [6.45, 7) is -2.46. The summed E-state index contributed by atoms with van der Waals surface area (Å²) in [7, 11) is 0. The van der Waals surface area contributed by atoms with Gasteiger partial charge in [-0.25, -0.2) is 4.79 Å². The van der Waals surface area contributed by atoms with Gasteiger partial charge in [0.2, 0.25) is 0 Å². The van der Waals surface area contributed by atoms with E-state index in [-0.39, 0.29) is 11.3 Å². The Morgan fingerprint density at radius 3 is 2.48 bits per heavy atom. The number of aromatic nitrogens is 1. The Kier molecular flexibility index (Phi) is 4.65. The van der Waals surface area contributed by atoms with E-state index >= 15 is 0 Å². The van der Waals surface area contributed by atoms with Gasteiger partial charge in [-0.2, -0.15) is 8.78 Å². The molecule has 2 rings (SSSR count). The highest BCUT2D eigenvalue weighted by Gasteiger charge is 2.04. The Balaban J connectivity index is 1.91. The summed E-state index contributed by atoms with van der Waals surface area (Å²) in [4.78, 5) is 14.7. The lowest BCUT2D eigenvalue weighted by Crippen LogP contribution is -2.04. The molecule has 0 saturated carbocycles. The van der Waals surface area contributed by atoms with Gasteiger partial charge in [0.05, 0.1) is 17.8 Å². The number of benzene rings is 1. The Bertz CT molecular complexity index is 601. The SMILES string of the molecule is O=C(O)c1ccc(CNc2ccc(OC(F)F)cc2)nc1. The number of carbonyl (C=O) groups is 1. The molecule has 0 fully saturated rings. The number of nitrogens with zero attached hydrogens (tertiary/aromatic N) is 1. The summed E-state index contributed by atoms with van der Waals surface area (Å²) in [6.07, 6.45) is 1.28. The molecule has 1 aromatic heterocycles. The summed E-state index contributed by atoms with van der Waals surface area (Å²) in [5.41, 5.74) is 1.49. The van der Waals surface area contributed by atoms with Crippen molar-refractivity contribution in [3.05, 3.63) is 53.9 Å². The van der Waals surface area contributed by atoms with Crippen molar-refractivity contribution in [2.75, 3.05) is 5.32 Å². The van der Waals surface area contributed by atoms with E-state index in [0.29, 0.717) is 17.9 Å². The van der Waals surface area contributed by atoms with E-state index in [2.05, 4.69) is 15.0 Å². The molecule has 7 heteroatoms. The lowest BCUT2D eigenvalue weighted by molar-refractivity contribution is -0.0498. The van der Waals surface area contributed by atoms with Crippen molar-refractivity contribution < 1.29 is 23.4 Å². The minimum absolute atomic E-state index is 0.0829. The third-order valence-corrected chi connectivity index (χ3v) is 2.62. The van der Waals surface area contributed by atoms with Crippen molar-refractivity contribution in [1.29, 1.82) is 0 Å². The van der Waals surface area contributed by atoms with Crippen molar-refractivity contribution in [2.24, 2.45) is 0 Å². The second-order valence-corrected chi connectivity index (χ2v) is 4.10. The Morgan fingerprint density at radius 1 is 1.24 bits per heavy atom. The van der Waals surface area contributed by atoms with Crippen LogP contribution in [0.25, 0.3) is 0 Å². The van der Waals surface area contributed by atoms with Crippen LogP contribution in [0.15, 0.2) is 42.6 Å². The Morgan fingerprint density at radius 2 is 1.95 bits per heavy atom. The van der Waals surface area contributed by atoms with Crippen molar-refractivity contribution in [2.45, 2.75) is 13.2 Å². The van der Waals surface area contributed by atoms with Gasteiger partial charge in [-0.05, 0) is 36.4 Å². The molecule has 2 aromatic rings. The zero-order valence-electron chi connectivity index (χ0n) is 10.8. The van der Waals surface area contributed by atoms with Crippen molar-refractivity contribution in [1.82, 2.24) is 4.98 Å². The number of aromatic carboxylic acids is 1. The van der Waals surface area contributed by atoms with E-state index < -0.39 is 12.6 Å². The topological polar surface area (TPSA) is 71.5 Å². The van der Waals surface area contributed by atoms with Crippen LogP contribution in [-0.2, 0) is 6.54 Å². The predicted octanol–water partition coefficient (Wildman–Crippen LogP) is 2.99. The van der Waals surface area contributed by atoms with Crippen LogP contribution in [0.1, 0.15) is 16.1 Å². The average molecular weight is 294 g/mol. The third kappa shape index (κ3) is 4.41. The first kappa shape index (κ1) is 14.7. The van der Waals surface area contributed by atoms with Gasteiger partial charge in [0.15, 0.2) is 0 Å². The largest absolute Gasteiger partial charge is 0.478 e. The molecule has 0 bridgehead atoms. The number of carboxylic acids is 1. The van der Waals surface area contributed by atoms with Gasteiger partial charge in [0.25, 0.3) is 0 Å². The lowest BCUT2D eigenvalue weighted by Gasteiger charge is -2.08. The molecule has 5 nitrogen and oxygen atoms in total. The fourth-order valence-electron chi connectivity index (χ4n) is 1.60. The van der Waals surface area contributed by atoms with Gasteiger partial charge in [0.1, 0.15) is 5.75 Å². The number of ether oxygens (including phenoxy) is 1. The molecule has 2 N–H and O–H groups in total. The van der Waals surface area contributed by atoms with Crippen LogP contribution >= 0.6 is 0 Å². The standard InChI is InChI=1S/C14H12F2N2O3/c15-14(16)21-12-5-3-10(4-6-12)18-8-11-2-1-9(7-17-11)13(19)20/h1-7,14,18H,8H2,(H,19,20). The molecule has 1 aromatic carbocycles. The van der Waals surface area contributed by atoms with Crippen LogP contribution in [0.4, 0.5) is 14.5 Å². The summed E-state index contributed by atoms with van der Waals surface area (Å²) in [6, 6.07) is 9.12. The van der Waals surface area contributed by atoms with Crippen molar-refractivity contribution in [3.63, 3.8) is 0 Å². The minimum Gasteiger partial charge on any atom is -0.478 e. The Labute approximate surface area is 119 Å². The fourth-order valence-corrected chi connectivity index (χ4v) is 1.60. The van der Waals surface area contributed by atoms with E-state index in [1.54, 1.807) is 18.2 Å². The first-order valence-corrected chi connectivity index (χ1v) is 6.01. The van der Waals surface area contributed by atoms with E-state index in [1.807, 2.05) is 0 Å². The molecule has 0 aliphatic rings. The molecule has 0 spiro atoms. The Hall–Kier alpha value is -2.70. The maximum absolute atomic E-state index is 12.0. The zero-order chi connectivity index (χ0) is 15.2. The summed E-state index contributed by atoms with van der Waals surface area (Å²) in [5.74, 6) is -0.948. The highest BCUT2D eigenvalue weighted by molar-refractivity contribution is 5.87. The number of pyridine rings is 1. The quantitative estimate of drug-likeness (QED) is 0.857. The maximum Gasteiger partial charge on any atom is 0.387 e. The lowest BCUT2D eigenvalue weighted by atomic mass is 10.2. The monoisotopic (exact) mass is 294 g/mol. The molecule has 0 aliphatic heterocycles. The second kappa shape index (κ2) is 6.65. The molecule has 0 saturated heterocycles. The zero-order valence-corrected chi connectivity index (χ0v) is 10.8. The number of nitrogens with one attached hydrogen (secondary N) is 1. The molecule has 0 unspecified atom stereocenters. The van der Waals surface area contributed by atoms with Gasteiger partial charge in [0, 0.05) is 11.9 Å². The third-order valence-electron chi connectivity index (χ3n) is 2.62. The van der Waals surface area contributed by atoms with Gasteiger partial charge >= 0.3 is 12.6 Å².